The van der Waals surface area contributed by atoms with E-state index >= 15 is 0 Å². The second-order valence-corrected chi connectivity index (χ2v) is 11.7. The lowest BCUT2D eigenvalue weighted by molar-refractivity contribution is 0.102. The molecule has 1 saturated heterocycles. The molecule has 5 aromatic rings. The Balaban J connectivity index is 1.22. The molecule has 1 N–H and O–H groups in total. The fourth-order valence-corrected chi connectivity index (χ4v) is 5.45. The molecular weight excluding hydrogens is 585 g/mol. The summed E-state index contributed by atoms with van der Waals surface area (Å²) in [6.07, 6.45) is 1.65. The molecule has 2 aromatic heterocycles. The molecule has 43 heavy (non-hydrogen) atoms. The average Bonchev–Trinajstić information content (AvgIpc) is 3.37. The predicted octanol–water partition coefficient (Wildman–Crippen LogP) is 6.44. The van der Waals surface area contributed by atoms with Crippen LogP contribution in [0.25, 0.3) is 22.6 Å². The molecule has 220 valence electrons. The molecule has 1 fully saturated rings. The van der Waals surface area contributed by atoms with E-state index in [0.717, 1.165) is 43.9 Å². The van der Waals surface area contributed by atoms with E-state index in [2.05, 4.69) is 50.1 Å². The number of ether oxygens (including phenoxy) is 1. The molecule has 1 aliphatic heterocycles. The number of fused-ring (bicyclic) bond motifs is 1. The number of amides is 1. The average molecular weight is 617 g/mol. The van der Waals surface area contributed by atoms with Gasteiger partial charge in [0.2, 0.25) is 0 Å². The number of piperazine rings is 1. The summed E-state index contributed by atoms with van der Waals surface area (Å²) in [7, 11) is 4.00. The number of likely N-dealkylation sites (N-methyl/N-ethyl adjacent to an activating group) is 1. The summed E-state index contributed by atoms with van der Waals surface area (Å²) in [5.41, 5.74) is 5.17. The van der Waals surface area contributed by atoms with E-state index in [4.69, 9.17) is 27.9 Å². The molecule has 1 amide bonds. The van der Waals surface area contributed by atoms with E-state index in [1.165, 1.54) is 5.56 Å². The second-order valence-electron chi connectivity index (χ2n) is 10.8. The van der Waals surface area contributed by atoms with Crippen LogP contribution in [0, 0.1) is 6.92 Å². The van der Waals surface area contributed by atoms with Crippen LogP contribution in [-0.4, -0.2) is 68.5 Å². The first-order valence-corrected chi connectivity index (χ1v) is 14.7. The van der Waals surface area contributed by atoms with Gasteiger partial charge in [0.25, 0.3) is 11.8 Å². The molecule has 1 aliphatic rings. The zero-order valence-corrected chi connectivity index (χ0v) is 25.7. The van der Waals surface area contributed by atoms with E-state index in [1.54, 1.807) is 41.2 Å². The third-order valence-electron chi connectivity index (χ3n) is 7.60. The molecule has 0 unspecified atom stereocenters. The zero-order valence-electron chi connectivity index (χ0n) is 24.1. The minimum atomic E-state index is -0.341. The quantitative estimate of drug-likeness (QED) is 0.225. The van der Waals surface area contributed by atoms with Crippen LogP contribution >= 0.6 is 23.2 Å². The second kappa shape index (κ2) is 12.3. The smallest absolute Gasteiger partial charge is 0.257 e. The SMILES string of the molecule is Cc1cc(NC(=O)c2cc(Oc3nc(-c4cccc(Cl)c4)nc4c3ncn4C)ccc2Cl)ccc1CN1CCN(C)CC1. The van der Waals surface area contributed by atoms with Crippen molar-refractivity contribution in [2.24, 2.45) is 7.05 Å². The fourth-order valence-electron chi connectivity index (χ4n) is 5.06. The molecule has 9 nitrogen and oxygen atoms in total. The number of aryl methyl sites for hydroxylation is 2. The van der Waals surface area contributed by atoms with E-state index in [9.17, 15) is 4.79 Å². The first kappa shape index (κ1) is 29.1. The van der Waals surface area contributed by atoms with E-state index < -0.39 is 0 Å². The van der Waals surface area contributed by atoms with Gasteiger partial charge >= 0.3 is 0 Å². The maximum atomic E-state index is 13.4. The predicted molar refractivity (Wildman–Crippen MR) is 170 cm³/mol. The van der Waals surface area contributed by atoms with Crippen molar-refractivity contribution in [3.63, 3.8) is 0 Å². The number of hydrogen-bond donors (Lipinski definition) is 1. The van der Waals surface area contributed by atoms with Gasteiger partial charge in [0.15, 0.2) is 17.0 Å². The number of carbonyl (C=O) groups excluding carboxylic acids is 1. The summed E-state index contributed by atoms with van der Waals surface area (Å²) in [4.78, 5) is 31.9. The molecular formula is C32H31Cl2N7O2. The number of hydrogen-bond acceptors (Lipinski definition) is 7. The maximum absolute atomic E-state index is 13.4. The summed E-state index contributed by atoms with van der Waals surface area (Å²) in [6, 6.07) is 18.2. The summed E-state index contributed by atoms with van der Waals surface area (Å²) >= 11 is 12.7. The van der Waals surface area contributed by atoms with Crippen LogP contribution in [0.15, 0.2) is 67.0 Å². The summed E-state index contributed by atoms with van der Waals surface area (Å²) in [5, 5.41) is 3.86. The van der Waals surface area contributed by atoms with Crippen molar-refractivity contribution >= 4 is 46.0 Å². The lowest BCUT2D eigenvalue weighted by Gasteiger charge is -2.32. The summed E-state index contributed by atoms with van der Waals surface area (Å²) < 4.78 is 7.99. The number of nitrogens with one attached hydrogen (secondary N) is 1. The van der Waals surface area contributed by atoms with Gasteiger partial charge in [-0.3, -0.25) is 9.69 Å². The van der Waals surface area contributed by atoms with Crippen molar-refractivity contribution in [1.29, 1.82) is 0 Å². The lowest BCUT2D eigenvalue weighted by atomic mass is 10.1. The Morgan fingerprint density at radius 1 is 0.977 bits per heavy atom. The first-order valence-electron chi connectivity index (χ1n) is 14.0. The van der Waals surface area contributed by atoms with Crippen LogP contribution in [0.1, 0.15) is 21.5 Å². The van der Waals surface area contributed by atoms with E-state index in [1.807, 2.05) is 31.3 Å². The number of benzene rings is 3. The van der Waals surface area contributed by atoms with Gasteiger partial charge in [-0.2, -0.15) is 4.98 Å². The molecule has 0 radical (unpaired) electrons. The summed E-state index contributed by atoms with van der Waals surface area (Å²) in [6.45, 7) is 7.21. The molecule has 0 aliphatic carbocycles. The van der Waals surface area contributed by atoms with Gasteiger partial charge < -0.3 is 19.5 Å². The molecule has 0 atom stereocenters. The molecule has 3 aromatic carbocycles. The van der Waals surface area contributed by atoms with Gasteiger partial charge in [-0.1, -0.05) is 41.4 Å². The summed E-state index contributed by atoms with van der Waals surface area (Å²) in [5.74, 6) is 0.732. The highest BCUT2D eigenvalue weighted by atomic mass is 35.5. The van der Waals surface area contributed by atoms with Crippen molar-refractivity contribution in [2.75, 3.05) is 38.5 Å². The van der Waals surface area contributed by atoms with Gasteiger partial charge in [-0.25, -0.2) is 9.97 Å². The number of aromatic nitrogens is 4. The Labute approximate surface area is 260 Å². The van der Waals surface area contributed by atoms with Crippen LogP contribution in [0.3, 0.4) is 0 Å². The van der Waals surface area contributed by atoms with E-state index in [0.29, 0.717) is 38.5 Å². The third-order valence-corrected chi connectivity index (χ3v) is 8.16. The van der Waals surface area contributed by atoms with Crippen LogP contribution in [-0.2, 0) is 13.6 Å². The third kappa shape index (κ3) is 6.50. The monoisotopic (exact) mass is 615 g/mol. The number of nitrogens with zero attached hydrogens (tertiary/aromatic N) is 6. The van der Waals surface area contributed by atoms with Crippen molar-refractivity contribution in [3.05, 3.63) is 93.7 Å². The lowest BCUT2D eigenvalue weighted by Crippen LogP contribution is -2.43. The Bertz CT molecular complexity index is 1820. The number of carbonyl (C=O) groups is 1. The van der Waals surface area contributed by atoms with Crippen LogP contribution in [0.2, 0.25) is 10.0 Å². The Kier molecular flexibility index (Phi) is 8.32. The van der Waals surface area contributed by atoms with E-state index in [-0.39, 0.29) is 17.4 Å². The van der Waals surface area contributed by atoms with Gasteiger partial charge in [0.05, 0.1) is 16.9 Å². The van der Waals surface area contributed by atoms with Crippen molar-refractivity contribution < 1.29 is 9.53 Å². The maximum Gasteiger partial charge on any atom is 0.257 e. The Morgan fingerprint density at radius 3 is 2.56 bits per heavy atom. The molecule has 3 heterocycles. The number of halogens is 2. The molecule has 0 saturated carbocycles. The standard InChI is InChI=1S/C32H31Cl2N7O2/c1-20-15-24(8-7-22(20)18-41-13-11-39(2)12-14-41)36-31(42)26-17-25(9-10-27(26)34)43-32-28-30(40(3)19-35-28)37-29(38-32)21-5-4-6-23(33)16-21/h4-10,15-17,19H,11-14,18H2,1-3H3,(H,36,42). The van der Waals surface area contributed by atoms with Gasteiger partial charge in [-0.15, -0.1) is 0 Å². The number of rotatable bonds is 7. The molecule has 11 heteroatoms. The number of imidazole rings is 1. The largest absolute Gasteiger partial charge is 0.437 e. The Hall–Kier alpha value is -4.02. The highest BCUT2D eigenvalue weighted by Gasteiger charge is 2.19. The zero-order chi connectivity index (χ0) is 30.1. The molecule has 0 spiro atoms. The molecule has 6 rings (SSSR count). The van der Waals surface area contributed by atoms with Crippen molar-refractivity contribution in [2.45, 2.75) is 13.5 Å². The van der Waals surface area contributed by atoms with Gasteiger partial charge in [-0.05, 0) is 67.6 Å². The van der Waals surface area contributed by atoms with Crippen LogP contribution in [0.4, 0.5) is 5.69 Å². The first-order chi connectivity index (χ1) is 20.7. The minimum absolute atomic E-state index is 0.251. The molecule has 0 bridgehead atoms. The van der Waals surface area contributed by atoms with Crippen molar-refractivity contribution in [1.82, 2.24) is 29.3 Å². The van der Waals surface area contributed by atoms with Crippen LogP contribution in [0.5, 0.6) is 11.6 Å². The van der Waals surface area contributed by atoms with Gasteiger partial charge in [0.1, 0.15) is 5.75 Å². The minimum Gasteiger partial charge on any atom is -0.437 e. The number of anilines is 1. The van der Waals surface area contributed by atoms with Gasteiger partial charge in [0, 0.05) is 56.0 Å². The fraction of sp³-hybridized carbons (Fsp3) is 0.250. The topological polar surface area (TPSA) is 88.4 Å². The normalized spacial score (nSPS) is 14.3. The van der Waals surface area contributed by atoms with Crippen LogP contribution < -0.4 is 10.1 Å². The highest BCUT2D eigenvalue weighted by Crippen LogP contribution is 2.32. The Morgan fingerprint density at radius 2 is 1.79 bits per heavy atom. The van der Waals surface area contributed by atoms with Crippen molar-refractivity contribution in [3.8, 4) is 23.0 Å². The highest BCUT2D eigenvalue weighted by molar-refractivity contribution is 6.34.